The lowest BCUT2D eigenvalue weighted by Gasteiger charge is -2.16. The number of rotatable bonds is 2. The Balaban J connectivity index is 2.17. The van der Waals surface area contributed by atoms with Crippen molar-refractivity contribution in [3.8, 4) is 0 Å². The quantitative estimate of drug-likeness (QED) is 0.763. The van der Waals surface area contributed by atoms with E-state index in [1.807, 2.05) is 32.1 Å². The summed E-state index contributed by atoms with van der Waals surface area (Å²) in [5.41, 5.74) is 1.14. The first-order valence-electron chi connectivity index (χ1n) is 7.39. The average Bonchev–Trinajstić information content (AvgIpc) is 2.77. The molecule has 0 radical (unpaired) electrons. The van der Waals surface area contributed by atoms with Crippen LogP contribution in [0.2, 0.25) is 0 Å². The number of fused-ring (bicyclic) bond motifs is 2. The van der Waals surface area contributed by atoms with Crippen LogP contribution in [0.1, 0.15) is 40.9 Å². The SMILES string of the molecule is CCOC(=O)c1cc2c(s1)C1=C(C=CC(C)(C)C=C1)S(=O)(=O)C2. The highest BCUT2D eigenvalue weighted by Crippen LogP contribution is 2.42. The van der Waals surface area contributed by atoms with E-state index in [-0.39, 0.29) is 11.2 Å². The fourth-order valence-corrected chi connectivity index (χ4v) is 5.47. The number of hydrogen-bond donors (Lipinski definition) is 0. The molecular weight excluding hydrogens is 332 g/mol. The monoisotopic (exact) mass is 350 g/mol. The largest absolute Gasteiger partial charge is 0.462 e. The lowest BCUT2D eigenvalue weighted by Crippen LogP contribution is -2.12. The smallest absolute Gasteiger partial charge is 0.348 e. The molecule has 2 heterocycles. The number of esters is 1. The fraction of sp³-hybridized carbons (Fsp3) is 0.353. The second kappa shape index (κ2) is 5.46. The number of carbonyl (C=O) groups excluding carboxylic acids is 1. The molecule has 0 atom stereocenters. The van der Waals surface area contributed by atoms with Gasteiger partial charge in [-0.05, 0) is 24.6 Å². The molecule has 0 aromatic carbocycles. The van der Waals surface area contributed by atoms with Gasteiger partial charge in [-0.25, -0.2) is 13.2 Å². The summed E-state index contributed by atoms with van der Waals surface area (Å²) in [5.74, 6) is -0.477. The molecule has 122 valence electrons. The van der Waals surface area contributed by atoms with Crippen molar-refractivity contribution in [1.29, 1.82) is 0 Å². The third-order valence-corrected chi connectivity index (χ3v) is 6.73. The first-order valence-corrected chi connectivity index (χ1v) is 9.86. The molecule has 3 rings (SSSR count). The van der Waals surface area contributed by atoms with Crippen molar-refractivity contribution in [3.05, 3.63) is 50.6 Å². The summed E-state index contributed by atoms with van der Waals surface area (Å²) in [6.07, 6.45) is 7.43. The van der Waals surface area contributed by atoms with Gasteiger partial charge in [0.25, 0.3) is 0 Å². The van der Waals surface area contributed by atoms with Gasteiger partial charge in [-0.15, -0.1) is 11.3 Å². The maximum absolute atomic E-state index is 12.6. The zero-order valence-corrected chi connectivity index (χ0v) is 14.9. The Kier molecular flexibility index (Phi) is 3.84. The Bertz CT molecular complexity index is 864. The highest BCUT2D eigenvalue weighted by molar-refractivity contribution is 7.95. The molecular formula is C17H18O4S2. The third kappa shape index (κ3) is 2.93. The van der Waals surface area contributed by atoms with Crippen molar-refractivity contribution in [1.82, 2.24) is 0 Å². The van der Waals surface area contributed by atoms with Gasteiger partial charge >= 0.3 is 5.97 Å². The van der Waals surface area contributed by atoms with Gasteiger partial charge in [0.1, 0.15) is 4.88 Å². The van der Waals surface area contributed by atoms with E-state index in [9.17, 15) is 13.2 Å². The molecule has 0 spiro atoms. The predicted molar refractivity (Wildman–Crippen MR) is 91.9 cm³/mol. The topological polar surface area (TPSA) is 60.4 Å². The zero-order valence-electron chi connectivity index (χ0n) is 13.3. The number of thiophene rings is 1. The molecule has 1 aliphatic heterocycles. The van der Waals surface area contributed by atoms with Gasteiger partial charge in [-0.1, -0.05) is 32.1 Å². The summed E-state index contributed by atoms with van der Waals surface area (Å²) >= 11 is 1.30. The van der Waals surface area contributed by atoms with Crippen LogP contribution < -0.4 is 0 Å². The summed E-state index contributed by atoms with van der Waals surface area (Å²) in [7, 11) is -3.40. The average molecular weight is 350 g/mol. The number of hydrogen-bond acceptors (Lipinski definition) is 5. The molecule has 0 saturated carbocycles. The van der Waals surface area contributed by atoms with E-state index in [0.29, 0.717) is 27.5 Å². The van der Waals surface area contributed by atoms with Crippen molar-refractivity contribution < 1.29 is 17.9 Å². The zero-order chi connectivity index (χ0) is 16.8. The molecule has 0 bridgehead atoms. The molecule has 2 aliphatic rings. The minimum absolute atomic E-state index is 0.0737. The van der Waals surface area contributed by atoms with Crippen molar-refractivity contribution in [2.75, 3.05) is 6.61 Å². The molecule has 1 aromatic heterocycles. The standard InChI is InChI=1S/C17H18O4S2/c1-4-21-16(18)13-9-11-10-23(19,20)14-6-8-17(2,3)7-5-12(14)15(11)22-13/h5-9H,4,10H2,1-3H3. The lowest BCUT2D eigenvalue weighted by atomic mass is 9.93. The molecule has 1 aliphatic carbocycles. The normalized spacial score (nSPS) is 20.7. The van der Waals surface area contributed by atoms with Gasteiger partial charge in [-0.3, -0.25) is 0 Å². The summed E-state index contributed by atoms with van der Waals surface area (Å²) in [4.78, 5) is 13.6. The van der Waals surface area contributed by atoms with E-state index in [0.717, 1.165) is 4.88 Å². The summed E-state index contributed by atoms with van der Waals surface area (Å²) < 4.78 is 30.2. The lowest BCUT2D eigenvalue weighted by molar-refractivity contribution is 0.0532. The fourth-order valence-electron chi connectivity index (χ4n) is 2.62. The summed E-state index contributed by atoms with van der Waals surface area (Å²) in [6, 6.07) is 1.65. The summed E-state index contributed by atoms with van der Waals surface area (Å²) in [5, 5.41) is 0. The molecule has 6 heteroatoms. The van der Waals surface area contributed by atoms with Gasteiger partial charge in [-0.2, -0.15) is 0 Å². The Hall–Kier alpha value is -1.66. The van der Waals surface area contributed by atoms with Crippen LogP contribution in [-0.2, 0) is 20.3 Å². The van der Waals surface area contributed by atoms with Gasteiger partial charge in [0, 0.05) is 15.9 Å². The summed E-state index contributed by atoms with van der Waals surface area (Å²) in [6.45, 7) is 6.08. The minimum atomic E-state index is -3.40. The second-order valence-electron chi connectivity index (χ2n) is 6.21. The third-order valence-electron chi connectivity index (χ3n) is 3.82. The Morgan fingerprint density at radius 2 is 2.00 bits per heavy atom. The highest BCUT2D eigenvalue weighted by Gasteiger charge is 2.32. The van der Waals surface area contributed by atoms with Crippen molar-refractivity contribution in [3.63, 3.8) is 0 Å². The molecule has 0 amide bonds. The number of sulfone groups is 1. The van der Waals surface area contributed by atoms with E-state index in [1.54, 1.807) is 19.1 Å². The van der Waals surface area contributed by atoms with E-state index < -0.39 is 15.8 Å². The van der Waals surface area contributed by atoms with Gasteiger partial charge in [0.15, 0.2) is 9.84 Å². The second-order valence-corrected chi connectivity index (χ2v) is 9.22. The van der Waals surface area contributed by atoms with E-state index >= 15 is 0 Å². The molecule has 1 aromatic rings. The number of carbonyl (C=O) groups is 1. The van der Waals surface area contributed by atoms with Gasteiger partial charge < -0.3 is 4.74 Å². The Morgan fingerprint density at radius 1 is 1.30 bits per heavy atom. The van der Waals surface area contributed by atoms with E-state index in [2.05, 4.69) is 0 Å². The van der Waals surface area contributed by atoms with Crippen molar-refractivity contribution in [2.45, 2.75) is 26.5 Å². The first-order chi connectivity index (χ1) is 10.7. The van der Waals surface area contributed by atoms with Crippen LogP contribution in [0.3, 0.4) is 0 Å². The predicted octanol–water partition coefficient (Wildman–Crippen LogP) is 3.72. The molecule has 0 unspecified atom stereocenters. The highest BCUT2D eigenvalue weighted by atomic mass is 32.2. The van der Waals surface area contributed by atoms with Crippen LogP contribution in [0.25, 0.3) is 5.57 Å². The maximum atomic E-state index is 12.6. The van der Waals surface area contributed by atoms with Crippen LogP contribution in [0.4, 0.5) is 0 Å². The van der Waals surface area contributed by atoms with Crippen LogP contribution in [0.5, 0.6) is 0 Å². The van der Waals surface area contributed by atoms with E-state index in [4.69, 9.17) is 4.74 Å². The first kappa shape index (κ1) is 16.2. The van der Waals surface area contributed by atoms with Gasteiger partial charge in [0.2, 0.25) is 0 Å². The van der Waals surface area contributed by atoms with Crippen LogP contribution in [0.15, 0.2) is 35.3 Å². The number of allylic oxidation sites excluding steroid dienone is 5. The van der Waals surface area contributed by atoms with Crippen molar-refractivity contribution in [2.24, 2.45) is 5.41 Å². The van der Waals surface area contributed by atoms with Crippen LogP contribution in [-0.4, -0.2) is 21.0 Å². The van der Waals surface area contributed by atoms with E-state index in [1.165, 1.54) is 11.3 Å². The van der Waals surface area contributed by atoms with Crippen molar-refractivity contribution >= 4 is 32.7 Å². The van der Waals surface area contributed by atoms with Crippen LogP contribution >= 0.6 is 11.3 Å². The Morgan fingerprint density at radius 3 is 2.70 bits per heavy atom. The Labute approximate surface area is 140 Å². The minimum Gasteiger partial charge on any atom is -0.462 e. The molecule has 0 saturated heterocycles. The number of ether oxygens (including phenoxy) is 1. The molecule has 0 fully saturated rings. The molecule has 4 nitrogen and oxygen atoms in total. The van der Waals surface area contributed by atoms with Gasteiger partial charge in [0.05, 0.1) is 17.3 Å². The molecule has 0 N–H and O–H groups in total. The van der Waals surface area contributed by atoms with Crippen LogP contribution in [0, 0.1) is 5.41 Å². The molecule has 23 heavy (non-hydrogen) atoms. The maximum Gasteiger partial charge on any atom is 0.348 e.